The number of primary amides is 1. The van der Waals surface area contributed by atoms with Crippen molar-refractivity contribution in [2.45, 2.75) is 95.7 Å². The smallest absolute Gasteiger partial charge is 0.270 e. The van der Waals surface area contributed by atoms with Gasteiger partial charge in [-0.05, 0) is 43.6 Å². The Balaban J connectivity index is 1.91. The normalized spacial score (nSPS) is 18.8. The van der Waals surface area contributed by atoms with Crippen molar-refractivity contribution < 1.29 is 14.4 Å². The van der Waals surface area contributed by atoms with E-state index >= 15 is 0 Å². The van der Waals surface area contributed by atoms with Gasteiger partial charge in [-0.3, -0.25) is 14.4 Å². The molecule has 8 nitrogen and oxygen atoms in total. The second-order valence-electron chi connectivity index (χ2n) is 8.44. The summed E-state index contributed by atoms with van der Waals surface area (Å²) in [4.78, 5) is 40.4. The number of hydrogen-bond acceptors (Lipinski definition) is 6. The number of carbonyl (C=O) groups excluding carboxylic acids is 3. The van der Waals surface area contributed by atoms with Gasteiger partial charge in [0.25, 0.3) is 11.8 Å². The summed E-state index contributed by atoms with van der Waals surface area (Å²) in [5.74, 6) is -1.15. The standard InChI is InChI=1S/C21H33N5O3S/c1-2-8-15(20(28)24-13-9-6-7-10-13)26(14-11-4-3-5-12-14)21(29)18-16(22)17(19(23)27)25-30-18/h13-15H,2-12,22H2,1H3,(H2,23,27)(H,24,28)/t15-/m1/s1. The number of anilines is 1. The molecule has 1 heterocycles. The van der Waals surface area contributed by atoms with Gasteiger partial charge in [-0.25, -0.2) is 0 Å². The molecule has 3 amide bonds. The minimum atomic E-state index is -0.754. The van der Waals surface area contributed by atoms with Crippen LogP contribution in [0.4, 0.5) is 5.69 Å². The second-order valence-corrected chi connectivity index (χ2v) is 9.21. The zero-order chi connectivity index (χ0) is 21.7. The van der Waals surface area contributed by atoms with Crippen molar-refractivity contribution in [2.75, 3.05) is 5.73 Å². The number of nitrogens with zero attached hydrogens (tertiary/aromatic N) is 2. The Kier molecular flexibility index (Phi) is 7.69. The molecular formula is C21H33N5O3S. The topological polar surface area (TPSA) is 131 Å². The molecule has 0 saturated heterocycles. The molecule has 0 unspecified atom stereocenters. The average molecular weight is 436 g/mol. The highest BCUT2D eigenvalue weighted by atomic mass is 32.1. The molecule has 2 fully saturated rings. The SMILES string of the molecule is CCC[C@H](C(=O)NC1CCCC1)N(C(=O)c1snc(C(N)=O)c1N)C1CCCCC1. The first-order chi connectivity index (χ1) is 14.4. The van der Waals surface area contributed by atoms with E-state index in [1.54, 1.807) is 4.90 Å². The van der Waals surface area contributed by atoms with E-state index < -0.39 is 11.9 Å². The lowest BCUT2D eigenvalue weighted by molar-refractivity contribution is -0.127. The number of aromatic nitrogens is 1. The van der Waals surface area contributed by atoms with Crippen molar-refractivity contribution in [1.82, 2.24) is 14.6 Å². The Morgan fingerprint density at radius 3 is 2.33 bits per heavy atom. The molecular weight excluding hydrogens is 402 g/mol. The Hall–Kier alpha value is -2.16. The zero-order valence-electron chi connectivity index (χ0n) is 17.7. The fourth-order valence-corrected chi connectivity index (χ4v) is 5.45. The third-order valence-electron chi connectivity index (χ3n) is 6.26. The lowest BCUT2D eigenvalue weighted by Gasteiger charge is -2.39. The molecule has 1 aromatic rings. The molecule has 2 aliphatic carbocycles. The number of rotatable bonds is 8. The van der Waals surface area contributed by atoms with Crippen LogP contribution in [0.5, 0.6) is 0 Å². The number of carbonyl (C=O) groups is 3. The van der Waals surface area contributed by atoms with Crippen LogP contribution in [0.25, 0.3) is 0 Å². The van der Waals surface area contributed by atoms with E-state index in [2.05, 4.69) is 9.69 Å². The zero-order valence-corrected chi connectivity index (χ0v) is 18.5. The van der Waals surface area contributed by atoms with Crippen molar-refractivity contribution in [2.24, 2.45) is 5.73 Å². The average Bonchev–Trinajstić information content (AvgIpc) is 3.37. The van der Waals surface area contributed by atoms with Crippen molar-refractivity contribution in [3.63, 3.8) is 0 Å². The van der Waals surface area contributed by atoms with Gasteiger partial charge in [0.1, 0.15) is 10.9 Å². The second kappa shape index (κ2) is 10.2. The maximum atomic E-state index is 13.6. The summed E-state index contributed by atoms with van der Waals surface area (Å²) in [7, 11) is 0. The molecule has 0 aromatic carbocycles. The molecule has 1 aromatic heterocycles. The summed E-state index contributed by atoms with van der Waals surface area (Å²) in [5, 5.41) is 3.18. The quantitative estimate of drug-likeness (QED) is 0.578. The maximum Gasteiger partial charge on any atom is 0.270 e. The highest BCUT2D eigenvalue weighted by molar-refractivity contribution is 7.09. The van der Waals surface area contributed by atoms with Gasteiger partial charge in [0, 0.05) is 12.1 Å². The van der Waals surface area contributed by atoms with E-state index in [4.69, 9.17) is 11.5 Å². The van der Waals surface area contributed by atoms with Gasteiger partial charge in [-0.2, -0.15) is 4.37 Å². The number of nitrogens with one attached hydrogen (secondary N) is 1. The van der Waals surface area contributed by atoms with Gasteiger partial charge in [0.05, 0.1) is 5.69 Å². The van der Waals surface area contributed by atoms with Gasteiger partial charge >= 0.3 is 0 Å². The first-order valence-corrected chi connectivity index (χ1v) is 11.9. The van der Waals surface area contributed by atoms with E-state index in [0.29, 0.717) is 6.42 Å². The van der Waals surface area contributed by atoms with Crippen LogP contribution < -0.4 is 16.8 Å². The van der Waals surface area contributed by atoms with Crippen molar-refractivity contribution >= 4 is 34.9 Å². The molecule has 2 saturated carbocycles. The van der Waals surface area contributed by atoms with Crippen LogP contribution >= 0.6 is 11.5 Å². The van der Waals surface area contributed by atoms with Crippen LogP contribution in [0.3, 0.4) is 0 Å². The van der Waals surface area contributed by atoms with Crippen molar-refractivity contribution in [3.8, 4) is 0 Å². The Morgan fingerprint density at radius 2 is 1.77 bits per heavy atom. The third kappa shape index (κ3) is 4.94. The number of hydrogen-bond donors (Lipinski definition) is 3. The van der Waals surface area contributed by atoms with Crippen LogP contribution in [0.2, 0.25) is 0 Å². The van der Waals surface area contributed by atoms with Gasteiger partial charge < -0.3 is 21.7 Å². The first-order valence-electron chi connectivity index (χ1n) is 11.1. The molecule has 0 bridgehead atoms. The molecule has 3 rings (SSSR count). The summed E-state index contributed by atoms with van der Waals surface area (Å²) >= 11 is 0.886. The van der Waals surface area contributed by atoms with Crippen LogP contribution in [0.1, 0.15) is 97.7 Å². The number of nitrogen functional groups attached to an aromatic ring is 1. The fraction of sp³-hybridized carbons (Fsp3) is 0.714. The number of amides is 3. The van der Waals surface area contributed by atoms with Gasteiger partial charge in [0.15, 0.2) is 5.69 Å². The molecule has 2 aliphatic rings. The lowest BCUT2D eigenvalue weighted by atomic mass is 9.91. The summed E-state index contributed by atoms with van der Waals surface area (Å²) in [5.41, 5.74) is 11.3. The molecule has 0 spiro atoms. The molecule has 9 heteroatoms. The Morgan fingerprint density at radius 1 is 1.13 bits per heavy atom. The molecule has 1 atom stereocenters. The van der Waals surface area contributed by atoms with E-state index in [9.17, 15) is 14.4 Å². The fourth-order valence-electron chi connectivity index (χ4n) is 4.70. The maximum absolute atomic E-state index is 13.6. The largest absolute Gasteiger partial charge is 0.395 e. The predicted octanol–water partition coefficient (Wildman–Crippen LogP) is 2.83. The molecule has 30 heavy (non-hydrogen) atoms. The van der Waals surface area contributed by atoms with Gasteiger partial charge in [0.2, 0.25) is 5.91 Å². The van der Waals surface area contributed by atoms with Crippen LogP contribution in [-0.2, 0) is 4.79 Å². The monoisotopic (exact) mass is 435 g/mol. The van der Waals surface area contributed by atoms with Crippen LogP contribution in [0, 0.1) is 0 Å². The summed E-state index contributed by atoms with van der Waals surface area (Å²) in [6.45, 7) is 2.02. The Bertz CT molecular complexity index is 769. The first kappa shape index (κ1) is 22.5. The van der Waals surface area contributed by atoms with Gasteiger partial charge in [-0.15, -0.1) is 0 Å². The Labute approximate surface area is 181 Å². The van der Waals surface area contributed by atoms with E-state index in [-0.39, 0.29) is 40.2 Å². The van der Waals surface area contributed by atoms with E-state index in [1.807, 2.05) is 6.92 Å². The molecule has 0 radical (unpaired) electrons. The highest BCUT2D eigenvalue weighted by Crippen LogP contribution is 2.31. The molecule has 0 aliphatic heterocycles. The summed E-state index contributed by atoms with van der Waals surface area (Å²) in [6, 6.07) is -0.379. The van der Waals surface area contributed by atoms with Crippen molar-refractivity contribution in [1.29, 1.82) is 0 Å². The highest BCUT2D eigenvalue weighted by Gasteiger charge is 2.38. The minimum absolute atomic E-state index is 0.0179. The molecule has 5 N–H and O–H groups in total. The summed E-state index contributed by atoms with van der Waals surface area (Å²) < 4.78 is 3.99. The van der Waals surface area contributed by atoms with E-state index in [1.165, 1.54) is 0 Å². The van der Waals surface area contributed by atoms with Crippen LogP contribution in [0.15, 0.2) is 0 Å². The molecule has 166 valence electrons. The van der Waals surface area contributed by atoms with Crippen LogP contribution in [-0.4, -0.2) is 45.1 Å². The minimum Gasteiger partial charge on any atom is -0.395 e. The third-order valence-corrected chi connectivity index (χ3v) is 7.11. The lowest BCUT2D eigenvalue weighted by Crippen LogP contribution is -2.55. The van der Waals surface area contributed by atoms with E-state index in [0.717, 1.165) is 75.7 Å². The van der Waals surface area contributed by atoms with Gasteiger partial charge in [-0.1, -0.05) is 45.4 Å². The number of nitrogens with two attached hydrogens (primary N) is 2. The summed E-state index contributed by atoms with van der Waals surface area (Å²) in [6.07, 6.45) is 10.5. The van der Waals surface area contributed by atoms with Crippen molar-refractivity contribution in [3.05, 3.63) is 10.6 Å². The predicted molar refractivity (Wildman–Crippen MR) is 117 cm³/mol.